The predicted octanol–water partition coefficient (Wildman–Crippen LogP) is 0.645. The van der Waals surface area contributed by atoms with Crippen molar-refractivity contribution in [1.29, 1.82) is 0 Å². The molecule has 0 saturated carbocycles. The highest BCUT2D eigenvalue weighted by Crippen LogP contribution is 2.28. The monoisotopic (exact) mass is 292 g/mol. The number of carbonyl (C=O) groups excluding carboxylic acids is 1. The summed E-state index contributed by atoms with van der Waals surface area (Å²) < 4.78 is 7.50. The Morgan fingerprint density at radius 1 is 1.52 bits per heavy atom. The Morgan fingerprint density at radius 3 is 2.95 bits per heavy atom. The molecule has 2 aliphatic rings. The van der Waals surface area contributed by atoms with Crippen LogP contribution in [0.2, 0.25) is 0 Å². The van der Waals surface area contributed by atoms with Gasteiger partial charge in [0, 0.05) is 19.0 Å². The number of piperidine rings is 1. The number of carbonyl (C=O) groups is 1. The highest BCUT2D eigenvalue weighted by atomic mass is 16.5. The third-order valence-electron chi connectivity index (χ3n) is 4.68. The SMILES string of the molecule is CC(NC(=O)C1(n2cccn2)CCNCC1)C1CCCO1. The van der Waals surface area contributed by atoms with E-state index < -0.39 is 5.54 Å². The van der Waals surface area contributed by atoms with E-state index >= 15 is 0 Å². The van der Waals surface area contributed by atoms with E-state index in [1.54, 1.807) is 6.20 Å². The summed E-state index contributed by atoms with van der Waals surface area (Å²) in [5.74, 6) is 0.0655. The molecule has 0 spiro atoms. The zero-order valence-corrected chi connectivity index (χ0v) is 12.5. The van der Waals surface area contributed by atoms with Crippen molar-refractivity contribution in [2.75, 3.05) is 19.7 Å². The molecule has 2 aliphatic heterocycles. The first kappa shape index (κ1) is 14.5. The predicted molar refractivity (Wildman–Crippen MR) is 78.9 cm³/mol. The van der Waals surface area contributed by atoms with Crippen LogP contribution in [0.1, 0.15) is 32.6 Å². The molecule has 116 valence electrons. The van der Waals surface area contributed by atoms with Crippen molar-refractivity contribution in [3.8, 4) is 0 Å². The summed E-state index contributed by atoms with van der Waals surface area (Å²) in [4.78, 5) is 12.9. The Balaban J connectivity index is 1.75. The van der Waals surface area contributed by atoms with Crippen LogP contribution in [-0.4, -0.2) is 47.5 Å². The third-order valence-corrected chi connectivity index (χ3v) is 4.68. The summed E-state index contributed by atoms with van der Waals surface area (Å²) in [5, 5.41) is 10.8. The number of aromatic nitrogens is 2. The Morgan fingerprint density at radius 2 is 2.33 bits per heavy atom. The van der Waals surface area contributed by atoms with Crippen molar-refractivity contribution in [2.24, 2.45) is 0 Å². The summed E-state index contributed by atoms with van der Waals surface area (Å²) in [6.07, 6.45) is 7.40. The van der Waals surface area contributed by atoms with Gasteiger partial charge in [-0.1, -0.05) is 0 Å². The molecule has 0 aromatic carbocycles. The third kappa shape index (κ3) is 2.82. The number of nitrogens with one attached hydrogen (secondary N) is 2. The molecule has 0 radical (unpaired) electrons. The van der Waals surface area contributed by atoms with Gasteiger partial charge in [0.1, 0.15) is 5.54 Å². The first-order valence-corrected chi connectivity index (χ1v) is 7.86. The fourth-order valence-corrected chi connectivity index (χ4v) is 3.35. The Kier molecular flexibility index (Phi) is 4.26. The van der Waals surface area contributed by atoms with Crippen molar-refractivity contribution in [2.45, 2.75) is 50.3 Å². The minimum Gasteiger partial charge on any atom is -0.376 e. The Labute approximate surface area is 125 Å². The fraction of sp³-hybridized carbons (Fsp3) is 0.733. The summed E-state index contributed by atoms with van der Waals surface area (Å²) >= 11 is 0. The van der Waals surface area contributed by atoms with Crippen LogP contribution in [0.4, 0.5) is 0 Å². The van der Waals surface area contributed by atoms with Crippen LogP contribution in [0.5, 0.6) is 0 Å². The zero-order valence-electron chi connectivity index (χ0n) is 12.5. The maximum Gasteiger partial charge on any atom is 0.248 e. The number of rotatable bonds is 4. The lowest BCUT2D eigenvalue weighted by molar-refractivity contribution is -0.133. The van der Waals surface area contributed by atoms with Gasteiger partial charge in [-0.25, -0.2) is 0 Å². The second-order valence-corrected chi connectivity index (χ2v) is 6.05. The van der Waals surface area contributed by atoms with E-state index in [0.717, 1.165) is 45.4 Å². The first-order chi connectivity index (χ1) is 10.2. The first-order valence-electron chi connectivity index (χ1n) is 7.86. The van der Waals surface area contributed by atoms with Crippen molar-refractivity contribution < 1.29 is 9.53 Å². The molecule has 1 amide bonds. The molecule has 1 aromatic rings. The summed E-state index contributed by atoms with van der Waals surface area (Å²) in [7, 11) is 0. The lowest BCUT2D eigenvalue weighted by Gasteiger charge is -2.37. The molecule has 3 heterocycles. The molecule has 6 heteroatoms. The van der Waals surface area contributed by atoms with Crippen LogP contribution in [0, 0.1) is 0 Å². The van der Waals surface area contributed by atoms with Crippen molar-refractivity contribution >= 4 is 5.91 Å². The van der Waals surface area contributed by atoms with Gasteiger partial charge in [-0.3, -0.25) is 9.48 Å². The van der Waals surface area contributed by atoms with E-state index in [0.29, 0.717) is 0 Å². The molecule has 6 nitrogen and oxygen atoms in total. The van der Waals surface area contributed by atoms with E-state index in [1.165, 1.54) is 0 Å². The zero-order chi connectivity index (χ0) is 14.7. The molecule has 0 bridgehead atoms. The molecule has 2 saturated heterocycles. The van der Waals surface area contributed by atoms with E-state index in [-0.39, 0.29) is 18.1 Å². The quantitative estimate of drug-likeness (QED) is 0.855. The average molecular weight is 292 g/mol. The van der Waals surface area contributed by atoms with Crippen molar-refractivity contribution in [1.82, 2.24) is 20.4 Å². The second-order valence-electron chi connectivity index (χ2n) is 6.05. The van der Waals surface area contributed by atoms with Gasteiger partial charge in [-0.15, -0.1) is 0 Å². The minimum atomic E-state index is -0.568. The van der Waals surface area contributed by atoms with Gasteiger partial charge in [-0.05, 0) is 51.8 Å². The number of nitrogens with zero attached hydrogens (tertiary/aromatic N) is 2. The molecule has 0 aliphatic carbocycles. The molecule has 2 N–H and O–H groups in total. The maximum absolute atomic E-state index is 12.9. The summed E-state index contributed by atoms with van der Waals surface area (Å²) in [6.45, 7) is 4.51. The standard InChI is InChI=1S/C15H24N4O2/c1-12(13-4-2-11-21-13)18-14(20)15(5-8-16-9-6-15)19-10-3-7-17-19/h3,7,10,12-13,16H,2,4-6,8-9,11H2,1H3,(H,18,20). The largest absolute Gasteiger partial charge is 0.376 e. The molecule has 1 aromatic heterocycles. The van der Waals surface area contributed by atoms with Crippen molar-refractivity contribution in [3.05, 3.63) is 18.5 Å². The summed E-state index contributed by atoms with van der Waals surface area (Å²) in [5.41, 5.74) is -0.568. The van der Waals surface area contributed by atoms with E-state index in [1.807, 2.05) is 23.9 Å². The lowest BCUT2D eigenvalue weighted by Crippen LogP contribution is -2.57. The summed E-state index contributed by atoms with van der Waals surface area (Å²) in [6, 6.07) is 1.92. The van der Waals surface area contributed by atoms with Gasteiger partial charge in [0.05, 0.1) is 12.1 Å². The van der Waals surface area contributed by atoms with Gasteiger partial charge in [0.2, 0.25) is 5.91 Å². The van der Waals surface area contributed by atoms with Crippen LogP contribution < -0.4 is 10.6 Å². The molecule has 2 fully saturated rings. The molecule has 21 heavy (non-hydrogen) atoms. The van der Waals surface area contributed by atoms with Crippen LogP contribution in [0.3, 0.4) is 0 Å². The average Bonchev–Trinajstić information content (AvgIpc) is 3.21. The number of hydrogen-bond acceptors (Lipinski definition) is 4. The van der Waals surface area contributed by atoms with Crippen LogP contribution in [0.15, 0.2) is 18.5 Å². The molecular weight excluding hydrogens is 268 g/mol. The van der Waals surface area contributed by atoms with Crippen LogP contribution in [-0.2, 0) is 15.1 Å². The van der Waals surface area contributed by atoms with E-state index in [2.05, 4.69) is 15.7 Å². The molecule has 2 atom stereocenters. The molecule has 2 unspecified atom stereocenters. The van der Waals surface area contributed by atoms with Gasteiger partial charge >= 0.3 is 0 Å². The van der Waals surface area contributed by atoms with Gasteiger partial charge in [-0.2, -0.15) is 5.10 Å². The Bertz CT molecular complexity index is 462. The number of ether oxygens (including phenoxy) is 1. The normalized spacial score (nSPS) is 26.4. The smallest absolute Gasteiger partial charge is 0.248 e. The van der Waals surface area contributed by atoms with Crippen LogP contribution >= 0.6 is 0 Å². The minimum absolute atomic E-state index is 0.0438. The van der Waals surface area contributed by atoms with Gasteiger partial charge < -0.3 is 15.4 Å². The molecular formula is C15H24N4O2. The van der Waals surface area contributed by atoms with E-state index in [9.17, 15) is 4.79 Å². The topological polar surface area (TPSA) is 68.2 Å². The van der Waals surface area contributed by atoms with Crippen LogP contribution in [0.25, 0.3) is 0 Å². The highest BCUT2D eigenvalue weighted by molar-refractivity contribution is 5.84. The fourth-order valence-electron chi connectivity index (χ4n) is 3.35. The molecule has 3 rings (SSSR count). The maximum atomic E-state index is 12.9. The van der Waals surface area contributed by atoms with E-state index in [4.69, 9.17) is 4.74 Å². The lowest BCUT2D eigenvalue weighted by atomic mass is 9.87. The highest BCUT2D eigenvalue weighted by Gasteiger charge is 2.43. The van der Waals surface area contributed by atoms with Crippen molar-refractivity contribution in [3.63, 3.8) is 0 Å². The Hall–Kier alpha value is -1.40. The van der Waals surface area contributed by atoms with Gasteiger partial charge in [0.25, 0.3) is 0 Å². The number of hydrogen-bond donors (Lipinski definition) is 2. The second kappa shape index (κ2) is 6.15. The number of amides is 1. The van der Waals surface area contributed by atoms with Gasteiger partial charge in [0.15, 0.2) is 0 Å².